The second-order valence-electron chi connectivity index (χ2n) is 21.4. The summed E-state index contributed by atoms with van der Waals surface area (Å²) in [6.45, 7) is 7.45. The maximum atomic E-state index is 12.9. The summed E-state index contributed by atoms with van der Waals surface area (Å²) in [5.74, 6) is -1.84. The Labute approximate surface area is 533 Å². The van der Waals surface area contributed by atoms with Crippen LogP contribution in [-0.4, -0.2) is 122 Å². The van der Waals surface area contributed by atoms with E-state index in [2.05, 4.69) is 5.32 Å². The first-order valence-electron chi connectivity index (χ1n) is 25.2. The molecule has 20 nitrogen and oxygen atoms in total. The first-order valence-corrected chi connectivity index (χ1v) is 31.2. The third-order valence-corrected chi connectivity index (χ3v) is 18.8. The average molecular weight is 1200 g/mol. The maximum Gasteiger partial charge on any atom is 1.00 e. The van der Waals surface area contributed by atoms with E-state index >= 15 is 0 Å². The minimum absolute atomic E-state index is 0. The fraction of sp³-hybridized carbons (Fsp3) is 0.434. The van der Waals surface area contributed by atoms with Crippen LogP contribution in [0.15, 0.2) is 117 Å². The third kappa shape index (κ3) is 13.5. The minimum Gasteiger partial charge on any atom is -0.748 e. The molecule has 0 saturated heterocycles. The number of rotatable bonds is 21. The summed E-state index contributed by atoms with van der Waals surface area (Å²) in [6, 6.07) is 14.9. The van der Waals surface area contributed by atoms with Gasteiger partial charge in [0.2, 0.25) is 11.6 Å². The molecule has 3 heterocycles. The Balaban J connectivity index is 0.00000344. The first kappa shape index (κ1) is 66.3. The third-order valence-electron chi connectivity index (χ3n) is 15.7. The largest absolute Gasteiger partial charge is 1.00 e. The van der Waals surface area contributed by atoms with Crippen LogP contribution < -0.4 is 104 Å². The van der Waals surface area contributed by atoms with Gasteiger partial charge < -0.3 is 33.2 Å². The fourth-order valence-corrected chi connectivity index (χ4v) is 13.9. The summed E-state index contributed by atoms with van der Waals surface area (Å²) in [5, 5.41) is 2.94. The van der Waals surface area contributed by atoms with E-state index in [1.807, 2.05) is 32.1 Å². The summed E-state index contributed by atoms with van der Waals surface area (Å²) in [6.07, 6.45) is 9.49. The van der Waals surface area contributed by atoms with Crippen molar-refractivity contribution >= 4 is 75.3 Å². The molecule has 7 aliphatic rings. The quantitative estimate of drug-likeness (QED) is 0.0346. The minimum atomic E-state index is -4.93. The number of nitrogens with zero attached hydrogens (tertiary/aromatic N) is 3. The van der Waals surface area contributed by atoms with Gasteiger partial charge in [-0.25, -0.2) is 33.7 Å². The van der Waals surface area contributed by atoms with Crippen molar-refractivity contribution in [3.05, 3.63) is 124 Å². The monoisotopic (exact) mass is 1200 g/mol. The number of hydrogen-bond acceptors (Lipinski definition) is 17. The van der Waals surface area contributed by atoms with Gasteiger partial charge in [0.1, 0.15) is 41.9 Å². The van der Waals surface area contributed by atoms with Gasteiger partial charge in [-0.1, -0.05) is 44.9 Å². The molecule has 0 aromatic heterocycles. The Morgan fingerprint density at radius 2 is 1.32 bits per heavy atom. The molecule has 3 amide bonds. The second kappa shape index (κ2) is 24.6. The van der Waals surface area contributed by atoms with Gasteiger partial charge in [0.05, 0.1) is 42.2 Å². The molecule has 2 bridgehead atoms. The molecule has 2 atom stereocenters. The van der Waals surface area contributed by atoms with Crippen molar-refractivity contribution in [1.29, 1.82) is 0 Å². The molecule has 1 N–H and O–H groups in total. The number of hydrogen-bond donors (Lipinski definition) is 1. The number of imide groups is 1. The average Bonchev–Trinajstić information content (AvgIpc) is 3.80. The van der Waals surface area contributed by atoms with E-state index in [0.29, 0.717) is 102 Å². The van der Waals surface area contributed by atoms with Crippen LogP contribution in [0.5, 0.6) is 5.75 Å². The predicted molar refractivity (Wildman–Crippen MR) is 276 cm³/mol. The number of aryl methyl sites for hydroxylation is 1. The van der Waals surface area contributed by atoms with E-state index < -0.39 is 78.0 Å². The summed E-state index contributed by atoms with van der Waals surface area (Å²) in [7, 11) is -19.4. The number of anilines is 1. The summed E-state index contributed by atoms with van der Waals surface area (Å²) < 4.78 is 156. The molecule has 3 aromatic carbocycles. The zero-order valence-electron chi connectivity index (χ0n) is 45.7. The molecular weight excluding hydrogens is 1150 g/mol. The molecule has 3 aromatic rings. The van der Waals surface area contributed by atoms with Crippen LogP contribution in [0, 0.1) is 11.3 Å². The topological polar surface area (TPSA) is 311 Å². The van der Waals surface area contributed by atoms with E-state index in [9.17, 15) is 66.3 Å². The summed E-state index contributed by atoms with van der Waals surface area (Å²) in [4.78, 5) is 38.3. The molecule has 412 valence electrons. The Morgan fingerprint density at radius 1 is 0.725 bits per heavy atom. The van der Waals surface area contributed by atoms with Gasteiger partial charge in [-0.05, 0) is 117 Å². The second-order valence-corrected chi connectivity index (χ2v) is 27.2. The Hall–Kier alpha value is -2.86. The van der Waals surface area contributed by atoms with Gasteiger partial charge in [-0.15, -0.1) is 0 Å². The zero-order chi connectivity index (χ0) is 55.8. The van der Waals surface area contributed by atoms with Crippen molar-refractivity contribution in [2.45, 2.75) is 106 Å². The standard InChI is InChI=1S/C53H60N4O16S4.3Na/c1-51(2)40-30-36(76(67,68)69)15-18-43(40)55(25-27-74(61,62)63)48(51)39-29-34-12-17-38(39)50(73-35-13-9-33(10-14-35)11-20-45(58)54-23-7-5-6-8-24-57-46(59)21-22-47(57)60)53(34)32-42(53)49-52(3,4)41-31-37(77(70,71)72)16-19-44(41)56(49)26-28-75(64,65)66;;;/h9-10,13-16,18-19,21-22,29-31,34H,5-8,11-12,17,20,23-28,32H2,1-4H3,(H4-,54,58,61,62,63,64,65,66,67,68,69,70,71,72);;;/q;3*+1/p-3. The maximum absolute atomic E-state index is 12.9. The molecule has 0 radical (unpaired) electrons. The smallest absolute Gasteiger partial charge is 0.748 e. The number of benzene rings is 3. The van der Waals surface area contributed by atoms with Crippen LogP contribution in [0.3, 0.4) is 0 Å². The number of ether oxygens (including phenoxy) is 1. The van der Waals surface area contributed by atoms with Crippen LogP contribution in [-0.2, 0) is 72.1 Å². The predicted octanol–water partition coefficient (Wildman–Crippen LogP) is -4.37. The van der Waals surface area contributed by atoms with E-state index in [1.54, 1.807) is 35.5 Å². The molecule has 4 aliphatic carbocycles. The van der Waals surface area contributed by atoms with Crippen LogP contribution in [0.25, 0.3) is 0 Å². The van der Waals surface area contributed by atoms with Gasteiger partial charge in [0.15, 0.2) is 12.3 Å². The van der Waals surface area contributed by atoms with E-state index in [-0.39, 0.29) is 132 Å². The van der Waals surface area contributed by atoms with Crippen molar-refractivity contribution in [3.63, 3.8) is 0 Å². The van der Waals surface area contributed by atoms with Crippen molar-refractivity contribution in [2.24, 2.45) is 11.3 Å². The van der Waals surface area contributed by atoms with Crippen LogP contribution in [0.1, 0.15) is 95.8 Å². The molecule has 80 heavy (non-hydrogen) atoms. The summed E-state index contributed by atoms with van der Waals surface area (Å²) >= 11 is 0. The van der Waals surface area contributed by atoms with Crippen LogP contribution in [0.4, 0.5) is 11.4 Å². The zero-order valence-corrected chi connectivity index (χ0v) is 55.0. The fourth-order valence-electron chi connectivity index (χ4n) is 12.1. The molecule has 3 aliphatic heterocycles. The Kier molecular flexibility index (Phi) is 20.4. The Morgan fingerprint density at radius 3 is 1.94 bits per heavy atom. The normalized spacial score (nSPS) is 21.5. The van der Waals surface area contributed by atoms with Crippen LogP contribution >= 0.6 is 0 Å². The van der Waals surface area contributed by atoms with Crippen molar-refractivity contribution < 1.29 is 164 Å². The molecule has 2 unspecified atom stereocenters. The van der Waals surface area contributed by atoms with Crippen molar-refractivity contribution in [1.82, 2.24) is 10.2 Å². The number of amides is 3. The summed E-state index contributed by atoms with van der Waals surface area (Å²) in [5.41, 5.74) is 2.65. The number of nitrogens with one attached hydrogen (secondary N) is 1. The van der Waals surface area contributed by atoms with Gasteiger partial charge in [-0.3, -0.25) is 19.3 Å². The number of unbranched alkanes of at least 4 members (excludes halogenated alkanes) is 3. The van der Waals surface area contributed by atoms with Gasteiger partial charge in [-0.2, -0.15) is 4.58 Å². The van der Waals surface area contributed by atoms with Crippen LogP contribution in [0.2, 0.25) is 0 Å². The molecule has 10 rings (SSSR count). The molecule has 1 saturated carbocycles. The van der Waals surface area contributed by atoms with Gasteiger partial charge >= 0.3 is 88.7 Å². The number of carbonyl (C=O) groups excluding carboxylic acids is 3. The first-order chi connectivity index (χ1) is 35.9. The molecule has 27 heteroatoms. The van der Waals surface area contributed by atoms with Gasteiger partial charge in [0.25, 0.3) is 11.8 Å². The van der Waals surface area contributed by atoms with Gasteiger partial charge in [0, 0.05) is 77.8 Å². The number of carbonyl (C=O) groups is 3. The SMILES string of the molecule is CC1(C)C(=C2CC23C(Oc2ccc(CCC(=O)NCCCCCCN4C(=O)C=CC4=O)cc2)=C2CCC3C=C2C2=[N+](CCS(=O)(=O)[O-])c3ccc(S(=O)(=O)[O-])cc3C2(C)C)N(CCS(=O)(=O)[O-])c2ccc(S(=O)(=O)[O-])cc21.[Na+].[Na+].[Na+]. The van der Waals surface area contributed by atoms with E-state index in [0.717, 1.165) is 42.5 Å². The molecule has 1 fully saturated rings. The number of allylic oxidation sites excluding steroid dienone is 5. The van der Waals surface area contributed by atoms with E-state index in [4.69, 9.17) is 4.74 Å². The molecule has 1 spiro atoms. The Bertz CT molecular complexity index is 3650. The van der Waals surface area contributed by atoms with E-state index in [1.165, 1.54) is 41.3 Å². The number of fused-ring (bicyclic) bond motifs is 3. The van der Waals surface area contributed by atoms with Crippen molar-refractivity contribution in [2.75, 3.05) is 42.6 Å². The molecular formula is C53H57N4Na3O16S4. The van der Waals surface area contributed by atoms with Crippen molar-refractivity contribution in [3.8, 4) is 5.75 Å².